The number of ether oxygens (including phenoxy) is 1. The Bertz CT molecular complexity index is 671. The lowest BCUT2D eigenvalue weighted by atomic mass is 10.0. The molecule has 1 aromatic rings. The first-order valence-corrected chi connectivity index (χ1v) is 10.1. The van der Waals surface area contributed by atoms with Gasteiger partial charge in [0.25, 0.3) is 5.91 Å². The van der Waals surface area contributed by atoms with E-state index in [4.69, 9.17) is 10.5 Å². The zero-order valence-corrected chi connectivity index (χ0v) is 19.6. The van der Waals surface area contributed by atoms with Gasteiger partial charge in [-0.15, -0.1) is 0 Å². The monoisotopic (exact) mass is 690 g/mol. The number of halogens is 3. The van der Waals surface area contributed by atoms with Crippen LogP contribution in [0.5, 0.6) is 0 Å². The summed E-state index contributed by atoms with van der Waals surface area (Å²) in [7, 11) is 0. The van der Waals surface area contributed by atoms with Crippen molar-refractivity contribution in [2.24, 2.45) is 0 Å². The van der Waals surface area contributed by atoms with Gasteiger partial charge in [-0.05, 0) is 67.8 Å². The second-order valence-corrected chi connectivity index (χ2v) is 8.43. The lowest BCUT2D eigenvalue weighted by molar-refractivity contribution is -0.142. The molecule has 0 fully saturated rings. The summed E-state index contributed by atoms with van der Waals surface area (Å²) in [6, 6.07) is 0. The number of hydrogen-bond acceptors (Lipinski definition) is 7. The number of nitrogen functional groups attached to an aromatic ring is 1. The van der Waals surface area contributed by atoms with E-state index in [9.17, 15) is 24.9 Å². The molecule has 1 amide bonds. The van der Waals surface area contributed by atoms with Crippen molar-refractivity contribution >= 4 is 85.3 Å². The molecule has 0 aliphatic carbocycles. The molecule has 8 nitrogen and oxygen atoms in total. The fourth-order valence-electron chi connectivity index (χ4n) is 1.81. The molecule has 25 heavy (non-hydrogen) atoms. The molecule has 0 bridgehead atoms. The zero-order valence-electron chi connectivity index (χ0n) is 13.1. The quantitative estimate of drug-likeness (QED) is 0.160. The van der Waals surface area contributed by atoms with E-state index in [1.165, 1.54) is 6.92 Å². The molecule has 0 spiro atoms. The number of benzene rings is 1. The molecule has 1 rings (SSSR count). The summed E-state index contributed by atoms with van der Waals surface area (Å²) in [5.41, 5.74) is 5.68. The molecule has 0 atom stereocenters. The number of anilines is 1. The molecule has 6 N–H and O–H groups in total. The van der Waals surface area contributed by atoms with Crippen molar-refractivity contribution in [3.05, 3.63) is 21.8 Å². The number of aliphatic hydroxyl groups is 3. The van der Waals surface area contributed by atoms with E-state index in [-0.39, 0.29) is 12.2 Å². The molecule has 0 saturated carbocycles. The third kappa shape index (κ3) is 5.27. The van der Waals surface area contributed by atoms with Crippen LogP contribution in [0.15, 0.2) is 0 Å². The Morgan fingerprint density at radius 1 is 1.08 bits per heavy atom. The topological polar surface area (TPSA) is 142 Å². The molecular weight excluding hydrogens is 673 g/mol. The van der Waals surface area contributed by atoms with Gasteiger partial charge in [-0.1, -0.05) is 0 Å². The lowest BCUT2D eigenvalue weighted by Gasteiger charge is -2.29. The SMILES string of the molecule is CC(=O)OCc1c(I)c(N)c(I)c(C(=O)NC(CO)(CO)CO)c1I. The van der Waals surface area contributed by atoms with Crippen LogP contribution in [0.3, 0.4) is 0 Å². The van der Waals surface area contributed by atoms with Gasteiger partial charge in [0.05, 0.1) is 34.6 Å². The van der Waals surface area contributed by atoms with Gasteiger partial charge < -0.3 is 31.1 Å². The molecule has 0 aromatic heterocycles. The van der Waals surface area contributed by atoms with Crippen LogP contribution in [-0.4, -0.2) is 52.6 Å². The second kappa shape index (κ2) is 9.82. The molecule has 0 saturated heterocycles. The summed E-state index contributed by atoms with van der Waals surface area (Å²) >= 11 is 5.90. The van der Waals surface area contributed by atoms with E-state index in [0.717, 1.165) is 0 Å². The van der Waals surface area contributed by atoms with Crippen molar-refractivity contribution < 1.29 is 29.6 Å². The minimum Gasteiger partial charge on any atom is -0.461 e. The minimum atomic E-state index is -1.56. The number of nitrogens with one attached hydrogen (secondary N) is 1. The first-order chi connectivity index (χ1) is 11.6. The van der Waals surface area contributed by atoms with Crippen molar-refractivity contribution in [2.45, 2.75) is 19.1 Å². The number of carbonyl (C=O) groups excluding carboxylic acids is 2. The first-order valence-electron chi connectivity index (χ1n) is 6.87. The fourth-order valence-corrected chi connectivity index (χ4v) is 5.78. The Labute approximate surface area is 185 Å². The number of hydrogen-bond donors (Lipinski definition) is 5. The van der Waals surface area contributed by atoms with Gasteiger partial charge in [-0.25, -0.2) is 0 Å². The molecule has 1 aromatic carbocycles. The van der Waals surface area contributed by atoms with Gasteiger partial charge in [0.2, 0.25) is 0 Å². The van der Waals surface area contributed by atoms with Crippen molar-refractivity contribution in [2.75, 3.05) is 25.6 Å². The Kier molecular flexibility index (Phi) is 9.06. The average molecular weight is 690 g/mol. The van der Waals surface area contributed by atoms with E-state index < -0.39 is 37.2 Å². The third-order valence-corrected chi connectivity index (χ3v) is 6.92. The van der Waals surface area contributed by atoms with Gasteiger partial charge >= 0.3 is 5.97 Å². The number of esters is 1. The van der Waals surface area contributed by atoms with Crippen LogP contribution in [0.2, 0.25) is 0 Å². The van der Waals surface area contributed by atoms with Gasteiger partial charge in [0.1, 0.15) is 12.1 Å². The van der Waals surface area contributed by atoms with Crippen LogP contribution in [-0.2, 0) is 16.1 Å². The predicted molar refractivity (Wildman–Crippen MR) is 116 cm³/mol. The highest BCUT2D eigenvalue weighted by atomic mass is 127. The summed E-state index contributed by atoms with van der Waals surface area (Å²) in [5.74, 6) is -1.08. The Hall–Kier alpha value is 0.0300. The molecule has 0 aliphatic heterocycles. The summed E-state index contributed by atoms with van der Waals surface area (Å²) < 4.78 is 6.71. The van der Waals surface area contributed by atoms with Crippen LogP contribution in [0.1, 0.15) is 22.8 Å². The molecule has 140 valence electrons. The first kappa shape index (κ1) is 23.1. The Morgan fingerprint density at radius 3 is 2.04 bits per heavy atom. The number of nitrogens with two attached hydrogens (primary N) is 1. The lowest BCUT2D eigenvalue weighted by Crippen LogP contribution is -2.57. The maximum absolute atomic E-state index is 12.7. The number of amides is 1. The van der Waals surface area contributed by atoms with Crippen LogP contribution < -0.4 is 11.1 Å². The maximum atomic E-state index is 12.7. The van der Waals surface area contributed by atoms with Crippen LogP contribution in [0.4, 0.5) is 5.69 Å². The molecule has 11 heteroatoms. The van der Waals surface area contributed by atoms with E-state index in [0.29, 0.717) is 22.0 Å². The summed E-state index contributed by atoms with van der Waals surface area (Å²) in [6.07, 6.45) is 0. The number of carbonyl (C=O) groups is 2. The Morgan fingerprint density at radius 2 is 1.60 bits per heavy atom. The molecule has 0 heterocycles. The van der Waals surface area contributed by atoms with E-state index >= 15 is 0 Å². The third-order valence-electron chi connectivity index (χ3n) is 3.38. The van der Waals surface area contributed by atoms with Gasteiger partial charge in [0, 0.05) is 19.6 Å². The van der Waals surface area contributed by atoms with Crippen molar-refractivity contribution in [3.63, 3.8) is 0 Å². The van der Waals surface area contributed by atoms with Crippen molar-refractivity contribution in [1.29, 1.82) is 0 Å². The van der Waals surface area contributed by atoms with Crippen LogP contribution in [0.25, 0.3) is 0 Å². The second-order valence-electron chi connectivity index (χ2n) is 5.20. The van der Waals surface area contributed by atoms with Gasteiger partial charge in [0.15, 0.2) is 0 Å². The largest absolute Gasteiger partial charge is 0.461 e. The normalized spacial score (nSPS) is 11.3. The highest BCUT2D eigenvalue weighted by molar-refractivity contribution is 14.1. The van der Waals surface area contributed by atoms with Crippen LogP contribution >= 0.6 is 67.8 Å². The molecule has 0 radical (unpaired) electrons. The number of rotatable bonds is 7. The molecular formula is C14H17I3N2O6. The summed E-state index contributed by atoms with van der Waals surface area (Å²) in [4.78, 5) is 23.8. The molecule has 0 unspecified atom stereocenters. The Balaban J connectivity index is 3.39. The smallest absolute Gasteiger partial charge is 0.302 e. The maximum Gasteiger partial charge on any atom is 0.302 e. The average Bonchev–Trinajstić information content (AvgIpc) is 2.57. The summed E-state index contributed by atoms with van der Waals surface area (Å²) in [5, 5.41) is 30.6. The summed E-state index contributed by atoms with van der Waals surface area (Å²) in [6.45, 7) is -0.683. The van der Waals surface area contributed by atoms with Crippen molar-refractivity contribution in [3.8, 4) is 0 Å². The predicted octanol–water partition coefficient (Wildman–Crippen LogP) is 0.591. The fraction of sp³-hybridized carbons (Fsp3) is 0.429. The van der Waals surface area contributed by atoms with E-state index in [2.05, 4.69) is 5.32 Å². The highest BCUT2D eigenvalue weighted by Crippen LogP contribution is 2.34. The van der Waals surface area contributed by atoms with Gasteiger partial charge in [-0.2, -0.15) is 0 Å². The van der Waals surface area contributed by atoms with E-state index in [1.54, 1.807) is 0 Å². The number of aliphatic hydroxyl groups excluding tert-OH is 3. The minimum absolute atomic E-state index is 0.0432. The van der Waals surface area contributed by atoms with E-state index in [1.807, 2.05) is 67.8 Å². The molecule has 0 aliphatic rings. The highest BCUT2D eigenvalue weighted by Gasteiger charge is 2.33. The zero-order chi connectivity index (χ0) is 19.4. The van der Waals surface area contributed by atoms with Gasteiger partial charge in [-0.3, -0.25) is 9.59 Å². The van der Waals surface area contributed by atoms with Crippen molar-refractivity contribution in [1.82, 2.24) is 5.32 Å². The van der Waals surface area contributed by atoms with Crippen LogP contribution in [0, 0.1) is 10.7 Å². The standard InChI is InChI=1S/C14H17I3N2O6/c1-6(23)25-2-7-9(15)8(11(17)12(18)10(7)16)13(24)19-14(3-20,4-21)5-22/h20-22H,2-5,18H2,1H3,(H,19,24).